The molecule has 0 amide bonds. The van der Waals surface area contributed by atoms with E-state index in [0.29, 0.717) is 24.0 Å². The van der Waals surface area contributed by atoms with Crippen molar-refractivity contribution < 1.29 is 19.1 Å². The SMILES string of the molecule is CC(C)=CC[C@@H]1C[C@@]2(CC=C(C)C)C(=O)C3=C(OC(C)(C)C=C3)[C@](C(=O)c3ccccc3)(C2=O)C1(C)C. The van der Waals surface area contributed by atoms with Crippen molar-refractivity contribution in [2.24, 2.45) is 22.2 Å². The summed E-state index contributed by atoms with van der Waals surface area (Å²) in [6.07, 6.45) is 9.17. The molecule has 1 aromatic carbocycles. The summed E-state index contributed by atoms with van der Waals surface area (Å²) >= 11 is 0. The van der Waals surface area contributed by atoms with Crippen molar-refractivity contribution in [3.63, 3.8) is 0 Å². The fourth-order valence-electron chi connectivity index (χ4n) is 6.45. The number of allylic oxidation sites excluding steroid dienone is 7. The zero-order chi connectivity index (χ0) is 27.4. The Morgan fingerprint density at radius 2 is 1.59 bits per heavy atom. The van der Waals surface area contributed by atoms with Crippen molar-refractivity contribution in [2.45, 2.75) is 80.3 Å². The van der Waals surface area contributed by atoms with E-state index in [0.717, 1.165) is 5.57 Å². The van der Waals surface area contributed by atoms with E-state index in [-0.39, 0.29) is 35.4 Å². The van der Waals surface area contributed by atoms with Gasteiger partial charge in [0.15, 0.2) is 22.8 Å². The molecule has 0 unspecified atom stereocenters. The third-order valence-corrected chi connectivity index (χ3v) is 8.68. The standard InChI is InChI=1S/C33H40O4/c1-21(2)14-15-24-20-32(19-16-22(3)4)27(35)25-17-18-30(5,6)37-28(25)33(29(32)36,31(24,7)8)26(34)23-12-10-9-11-13-23/h9-14,16-18,24H,15,19-20H2,1-8H3/t24-,32+,33-/m1/s1. The highest BCUT2D eigenvalue weighted by molar-refractivity contribution is 6.30. The predicted molar refractivity (Wildman–Crippen MR) is 147 cm³/mol. The molecule has 37 heavy (non-hydrogen) atoms. The Morgan fingerprint density at radius 3 is 2.19 bits per heavy atom. The van der Waals surface area contributed by atoms with E-state index >= 15 is 4.79 Å². The zero-order valence-electron chi connectivity index (χ0n) is 23.5. The lowest BCUT2D eigenvalue weighted by molar-refractivity contribution is -0.167. The molecule has 2 aliphatic carbocycles. The Kier molecular flexibility index (Phi) is 6.63. The molecule has 1 aliphatic heterocycles. The predicted octanol–water partition coefficient (Wildman–Crippen LogP) is 7.37. The van der Waals surface area contributed by atoms with Crippen LogP contribution in [0.5, 0.6) is 0 Å². The van der Waals surface area contributed by atoms with Crippen molar-refractivity contribution in [3.8, 4) is 0 Å². The first-order valence-corrected chi connectivity index (χ1v) is 13.3. The lowest BCUT2D eigenvalue weighted by Gasteiger charge is -2.61. The van der Waals surface area contributed by atoms with Gasteiger partial charge in [-0.2, -0.15) is 0 Å². The van der Waals surface area contributed by atoms with Crippen LogP contribution in [-0.2, 0) is 14.3 Å². The highest BCUT2D eigenvalue weighted by Crippen LogP contribution is 2.67. The van der Waals surface area contributed by atoms with Crippen LogP contribution in [0.2, 0.25) is 0 Å². The molecule has 0 N–H and O–H groups in total. The summed E-state index contributed by atoms with van der Waals surface area (Å²) in [5, 5.41) is 0. The Morgan fingerprint density at radius 1 is 0.973 bits per heavy atom. The smallest absolute Gasteiger partial charge is 0.184 e. The number of Topliss-reactive ketones (excluding diaryl/α,β-unsaturated/α-hetero) is 3. The van der Waals surface area contributed by atoms with Crippen LogP contribution < -0.4 is 0 Å². The van der Waals surface area contributed by atoms with Crippen molar-refractivity contribution in [1.82, 2.24) is 0 Å². The van der Waals surface area contributed by atoms with Gasteiger partial charge in [0.1, 0.15) is 11.4 Å². The fraction of sp³-hybridized carbons (Fsp3) is 0.485. The number of carbonyl (C=O) groups excluding carboxylic acids is 3. The highest BCUT2D eigenvalue weighted by Gasteiger charge is 2.75. The molecule has 0 saturated heterocycles. The lowest BCUT2D eigenvalue weighted by atomic mass is 9.39. The molecule has 1 saturated carbocycles. The second-order valence-corrected chi connectivity index (χ2v) is 12.6. The summed E-state index contributed by atoms with van der Waals surface area (Å²) in [5.74, 6) is -0.652. The van der Waals surface area contributed by atoms with Gasteiger partial charge >= 0.3 is 0 Å². The van der Waals surface area contributed by atoms with Gasteiger partial charge in [-0.3, -0.25) is 14.4 Å². The van der Waals surface area contributed by atoms with E-state index in [4.69, 9.17) is 4.74 Å². The number of ketones is 3. The molecule has 196 valence electrons. The molecule has 0 spiro atoms. The summed E-state index contributed by atoms with van der Waals surface area (Å²) in [6, 6.07) is 9.01. The number of benzene rings is 1. The molecule has 1 aromatic rings. The molecule has 2 bridgehead atoms. The van der Waals surface area contributed by atoms with Crippen LogP contribution in [-0.4, -0.2) is 23.0 Å². The van der Waals surface area contributed by atoms with E-state index in [9.17, 15) is 9.59 Å². The molecular formula is C33H40O4. The molecule has 4 nitrogen and oxygen atoms in total. The molecular weight excluding hydrogens is 460 g/mol. The third kappa shape index (κ3) is 4.00. The van der Waals surface area contributed by atoms with Gasteiger partial charge in [0.2, 0.25) is 0 Å². The van der Waals surface area contributed by atoms with Gasteiger partial charge in [-0.25, -0.2) is 0 Å². The maximum absolute atomic E-state index is 15.0. The van der Waals surface area contributed by atoms with Crippen molar-refractivity contribution >= 4 is 17.3 Å². The highest BCUT2D eigenvalue weighted by atomic mass is 16.5. The van der Waals surface area contributed by atoms with Crippen LogP contribution in [0.4, 0.5) is 0 Å². The molecule has 0 radical (unpaired) electrons. The van der Waals surface area contributed by atoms with Gasteiger partial charge in [0.25, 0.3) is 0 Å². The average molecular weight is 501 g/mol. The number of hydrogen-bond acceptors (Lipinski definition) is 4. The molecule has 4 heteroatoms. The summed E-state index contributed by atoms with van der Waals surface area (Å²) < 4.78 is 6.53. The Balaban J connectivity index is 2.12. The summed E-state index contributed by atoms with van der Waals surface area (Å²) in [5.41, 5.74) is -1.45. The molecule has 3 aliphatic rings. The van der Waals surface area contributed by atoms with Gasteiger partial charge < -0.3 is 4.74 Å². The Labute approximate surface area is 221 Å². The van der Waals surface area contributed by atoms with Crippen LogP contribution in [0.15, 0.2) is 77.1 Å². The van der Waals surface area contributed by atoms with Crippen LogP contribution >= 0.6 is 0 Å². The Hall–Kier alpha value is -3.01. The molecule has 3 atom stereocenters. The third-order valence-electron chi connectivity index (χ3n) is 8.68. The minimum Gasteiger partial charge on any atom is -0.486 e. The van der Waals surface area contributed by atoms with E-state index in [2.05, 4.69) is 19.9 Å². The number of carbonyl (C=O) groups is 3. The zero-order valence-corrected chi connectivity index (χ0v) is 23.5. The van der Waals surface area contributed by atoms with Gasteiger partial charge in [-0.05, 0) is 84.3 Å². The van der Waals surface area contributed by atoms with Crippen LogP contribution in [0.1, 0.15) is 85.0 Å². The second kappa shape index (κ2) is 9.08. The van der Waals surface area contributed by atoms with Crippen molar-refractivity contribution in [2.75, 3.05) is 0 Å². The maximum Gasteiger partial charge on any atom is 0.184 e. The van der Waals surface area contributed by atoms with E-state index in [1.54, 1.807) is 18.2 Å². The van der Waals surface area contributed by atoms with Crippen molar-refractivity contribution in [3.05, 3.63) is 82.7 Å². The van der Waals surface area contributed by atoms with Crippen molar-refractivity contribution in [1.29, 1.82) is 0 Å². The fourth-order valence-corrected chi connectivity index (χ4v) is 6.45. The van der Waals surface area contributed by atoms with Crippen LogP contribution in [0, 0.1) is 22.2 Å². The maximum atomic E-state index is 15.0. The van der Waals surface area contributed by atoms with E-state index in [1.165, 1.54) is 5.57 Å². The first kappa shape index (κ1) is 27.0. The minimum absolute atomic E-state index is 0.0889. The molecule has 1 fully saturated rings. The molecule has 0 aromatic heterocycles. The lowest BCUT2D eigenvalue weighted by Crippen LogP contribution is -2.69. The van der Waals surface area contributed by atoms with Crippen LogP contribution in [0.25, 0.3) is 0 Å². The first-order chi connectivity index (χ1) is 17.2. The molecule has 4 rings (SSSR count). The van der Waals surface area contributed by atoms with Gasteiger partial charge in [-0.15, -0.1) is 0 Å². The topological polar surface area (TPSA) is 60.4 Å². The summed E-state index contributed by atoms with van der Waals surface area (Å²) in [4.78, 5) is 44.2. The van der Waals surface area contributed by atoms with Gasteiger partial charge in [0, 0.05) is 5.56 Å². The van der Waals surface area contributed by atoms with E-state index < -0.39 is 21.8 Å². The average Bonchev–Trinajstić information content (AvgIpc) is 2.82. The van der Waals surface area contributed by atoms with Gasteiger partial charge in [-0.1, -0.05) is 67.5 Å². The molecule has 1 heterocycles. The van der Waals surface area contributed by atoms with E-state index in [1.807, 2.05) is 71.9 Å². The number of hydrogen-bond donors (Lipinski definition) is 0. The quantitative estimate of drug-likeness (QED) is 0.232. The number of ether oxygens (including phenoxy) is 1. The normalized spacial score (nSPS) is 29.2. The summed E-state index contributed by atoms with van der Waals surface area (Å²) in [7, 11) is 0. The Bertz CT molecular complexity index is 1260. The summed E-state index contributed by atoms with van der Waals surface area (Å²) in [6.45, 7) is 15.9. The monoisotopic (exact) mass is 500 g/mol. The number of fused-ring (bicyclic) bond motifs is 3. The number of rotatable bonds is 6. The largest absolute Gasteiger partial charge is 0.486 e. The van der Waals surface area contributed by atoms with Gasteiger partial charge in [0.05, 0.1) is 11.0 Å². The van der Waals surface area contributed by atoms with Crippen LogP contribution in [0.3, 0.4) is 0 Å². The minimum atomic E-state index is -1.62. The first-order valence-electron chi connectivity index (χ1n) is 13.3. The second-order valence-electron chi connectivity index (χ2n) is 12.6.